The van der Waals surface area contributed by atoms with Crippen molar-refractivity contribution >= 4 is 85.1 Å². The van der Waals surface area contributed by atoms with Crippen LogP contribution in [0, 0.1) is 29.6 Å². The van der Waals surface area contributed by atoms with Gasteiger partial charge in [-0.2, -0.15) is 0 Å². The molecule has 2 aliphatic heterocycles. The summed E-state index contributed by atoms with van der Waals surface area (Å²) in [6.07, 6.45) is -0.0199. The molecule has 4 rings (SSSR count). The molecule has 450 valence electrons. The number of aliphatic hydroxyl groups is 1. The second-order valence-electron chi connectivity index (χ2n) is 24.0. The first-order valence-electron chi connectivity index (χ1n) is 28.5. The van der Waals surface area contributed by atoms with E-state index in [0.717, 1.165) is 13.8 Å². The highest BCUT2D eigenvalue weighted by molar-refractivity contribution is 9.10. The van der Waals surface area contributed by atoms with Crippen LogP contribution in [0.1, 0.15) is 126 Å². The molecule has 4 N–H and O–H groups in total. The van der Waals surface area contributed by atoms with E-state index in [2.05, 4.69) is 47.8 Å². The number of nitrogens with one attached hydrogen (secondary N) is 3. The van der Waals surface area contributed by atoms with Gasteiger partial charge in [0, 0.05) is 62.4 Å². The smallest absolute Gasteiger partial charge is 0.332 e. The molecule has 0 aromatic heterocycles. The number of fused-ring (bicyclic) bond motifs is 1. The summed E-state index contributed by atoms with van der Waals surface area (Å²) in [5.74, 6) is -8.79. The summed E-state index contributed by atoms with van der Waals surface area (Å²) in [5, 5.41) is 20.5. The molecule has 11 atom stereocenters. The summed E-state index contributed by atoms with van der Waals surface area (Å²) in [5.41, 5.74) is -0.622. The van der Waals surface area contributed by atoms with E-state index in [0.29, 0.717) is 30.4 Å². The molecule has 0 aliphatic carbocycles. The van der Waals surface area contributed by atoms with Gasteiger partial charge in [0.2, 0.25) is 41.4 Å². The van der Waals surface area contributed by atoms with Gasteiger partial charge in [0.05, 0.1) is 5.60 Å². The fraction of sp³-hybridized carbons (Fsp3) is 0.650. The number of likely N-dealkylation sites (N-methyl/N-ethyl adjacent to an activating group) is 4. The van der Waals surface area contributed by atoms with Crippen LogP contribution in [-0.2, 0) is 60.7 Å². The molecule has 0 radical (unpaired) electrons. The fourth-order valence-electron chi connectivity index (χ4n) is 11.0. The zero-order chi connectivity index (χ0) is 61.1. The van der Waals surface area contributed by atoms with Crippen LogP contribution in [-0.4, -0.2) is 178 Å². The largest absolute Gasteiger partial charge is 0.450 e. The predicted octanol–water partition coefficient (Wildman–Crippen LogP) is 5.90. The van der Waals surface area contributed by atoms with Crippen LogP contribution in [0.4, 0.5) is 0 Å². The Morgan fingerprint density at radius 1 is 0.617 bits per heavy atom. The number of nitrogens with zero attached hydrogens (tertiary/aromatic N) is 5. The minimum absolute atomic E-state index is 0.0110. The lowest BCUT2D eigenvalue weighted by Crippen LogP contribution is -2.63. The van der Waals surface area contributed by atoms with E-state index in [4.69, 9.17) is 4.74 Å². The molecule has 81 heavy (non-hydrogen) atoms. The lowest BCUT2D eigenvalue weighted by atomic mass is 9.93. The molecule has 2 aliphatic rings. The summed E-state index contributed by atoms with van der Waals surface area (Å²) in [4.78, 5) is 141. The Morgan fingerprint density at radius 3 is 1.68 bits per heavy atom. The summed E-state index contributed by atoms with van der Waals surface area (Å²) in [6, 6.07) is 4.28. The van der Waals surface area contributed by atoms with Crippen LogP contribution in [0.5, 0.6) is 0 Å². The minimum Gasteiger partial charge on any atom is -0.450 e. The van der Waals surface area contributed by atoms with Crippen molar-refractivity contribution in [3.63, 3.8) is 0 Å². The number of carbonyl (C=O) groups is 9. The van der Waals surface area contributed by atoms with E-state index < -0.39 is 137 Å². The van der Waals surface area contributed by atoms with E-state index in [1.54, 1.807) is 78.8 Å². The van der Waals surface area contributed by atoms with Crippen molar-refractivity contribution in [2.45, 2.75) is 188 Å². The van der Waals surface area contributed by atoms with Crippen LogP contribution in [0.2, 0.25) is 0 Å². The van der Waals surface area contributed by atoms with Gasteiger partial charge in [0.1, 0.15) is 42.3 Å². The van der Waals surface area contributed by atoms with Gasteiger partial charge in [0.25, 0.3) is 5.91 Å². The van der Waals surface area contributed by atoms with Crippen molar-refractivity contribution in [2.75, 3.05) is 34.7 Å². The summed E-state index contributed by atoms with van der Waals surface area (Å²) in [7, 11) is 5.65. The maximum Gasteiger partial charge on any atom is 0.332 e. The highest BCUT2D eigenvalue weighted by atomic mass is 79.9. The van der Waals surface area contributed by atoms with Crippen LogP contribution < -0.4 is 16.0 Å². The average molecular weight is 1260 g/mol. The van der Waals surface area contributed by atoms with E-state index in [1.807, 2.05) is 39.0 Å². The molecule has 0 saturated carbocycles. The molecule has 21 heteroatoms. The number of amides is 8. The molecule has 2 unspecified atom stereocenters. The Morgan fingerprint density at radius 2 is 1.16 bits per heavy atom. The number of halogens is 2. The molecular weight excluding hydrogens is 1170 g/mol. The third kappa shape index (κ3) is 17.3. The third-order valence-corrected chi connectivity index (χ3v) is 16.9. The predicted molar refractivity (Wildman–Crippen MR) is 317 cm³/mol. The molecular formula is C60H90Br2N8O11. The first-order chi connectivity index (χ1) is 37.8. The number of esters is 1. The van der Waals surface area contributed by atoms with E-state index in [1.165, 1.54) is 61.6 Å². The van der Waals surface area contributed by atoms with Crippen molar-refractivity contribution < 1.29 is 53.0 Å². The van der Waals surface area contributed by atoms with Gasteiger partial charge >= 0.3 is 5.97 Å². The maximum atomic E-state index is 15.4. The number of ether oxygens (including phenoxy) is 1. The first-order valence-corrected chi connectivity index (χ1v) is 30.1. The Balaban J connectivity index is 2.00. The zero-order valence-electron chi connectivity index (χ0n) is 50.4. The highest BCUT2D eigenvalue weighted by Gasteiger charge is 2.48. The Kier molecular flexibility index (Phi) is 25.0. The first kappa shape index (κ1) is 68.1. The maximum absolute atomic E-state index is 15.4. The number of carbonyl (C=O) groups excluding carboxylic acids is 9. The third-order valence-electron chi connectivity index (χ3n) is 15.9. The standard InChI is InChI=1S/C60H90Br2N8O11/c1-17-36(9)46-57(77)67(14)47(34(5)6)52(72)63-42(29-33(3)4)55(75)69(16)50(60(11,12)80)59(79)81-49(37(10)18-2)58(78)68(15)48(35(7)8)53(73)64-43(31-38-24-26-40(61)27-25-38)54(74)66(13)45(32-39-21-19-22-41(62)30-39)56(76)70-28-20-23-44(70)51(71)65-46/h19,21-22,24-27,30,33-37,42-50,80H,17-18,20,23,28-29,31-32H2,1-16H3,(H,63,72)(H,64,73)(H,65,71)/t36?,37?,42-,43-,44-,45-,46-,47-,48-,49+,50+/m0/s1. The summed E-state index contributed by atoms with van der Waals surface area (Å²) >= 11 is 7.01. The summed E-state index contributed by atoms with van der Waals surface area (Å²) < 4.78 is 7.61. The van der Waals surface area contributed by atoms with Gasteiger partial charge in [0.15, 0.2) is 12.1 Å². The van der Waals surface area contributed by atoms with E-state index in [-0.39, 0.29) is 38.1 Å². The highest BCUT2D eigenvalue weighted by Crippen LogP contribution is 2.28. The van der Waals surface area contributed by atoms with Gasteiger partial charge in [-0.3, -0.25) is 38.4 Å². The number of cyclic esters (lactones) is 1. The minimum atomic E-state index is -1.98. The van der Waals surface area contributed by atoms with E-state index in [9.17, 15) is 33.9 Å². The Bertz CT molecular complexity index is 2560. The van der Waals surface area contributed by atoms with Crippen LogP contribution in [0.15, 0.2) is 57.5 Å². The lowest BCUT2D eigenvalue weighted by Gasteiger charge is -2.39. The molecule has 2 aromatic carbocycles. The number of hydrogen-bond acceptors (Lipinski definition) is 11. The van der Waals surface area contributed by atoms with Crippen molar-refractivity contribution in [3.05, 3.63) is 68.6 Å². The van der Waals surface area contributed by atoms with Gasteiger partial charge in [-0.15, -0.1) is 0 Å². The molecule has 2 fully saturated rings. The summed E-state index contributed by atoms with van der Waals surface area (Å²) in [6.45, 7) is 20.6. The Labute approximate surface area is 497 Å². The van der Waals surface area contributed by atoms with Gasteiger partial charge < -0.3 is 50.3 Å². The molecule has 19 nitrogen and oxygen atoms in total. The average Bonchev–Trinajstić information content (AvgIpc) is 4.02. The van der Waals surface area contributed by atoms with Crippen LogP contribution in [0.3, 0.4) is 0 Å². The lowest BCUT2D eigenvalue weighted by molar-refractivity contribution is -0.177. The van der Waals surface area contributed by atoms with Crippen LogP contribution in [0.25, 0.3) is 0 Å². The Hall–Kier alpha value is -5.41. The number of rotatable bonds is 13. The van der Waals surface area contributed by atoms with E-state index >= 15 is 14.4 Å². The van der Waals surface area contributed by atoms with Crippen molar-refractivity contribution in [1.29, 1.82) is 0 Å². The van der Waals surface area contributed by atoms with Gasteiger partial charge in [-0.25, -0.2) is 4.79 Å². The topological polar surface area (TPSA) is 235 Å². The normalized spacial score (nSPS) is 26.2. The second-order valence-corrected chi connectivity index (χ2v) is 25.8. The monoisotopic (exact) mass is 1260 g/mol. The van der Waals surface area contributed by atoms with Gasteiger partial charge in [-0.05, 0) is 98.6 Å². The number of hydrogen-bond donors (Lipinski definition) is 4. The molecule has 0 bridgehead atoms. The fourth-order valence-corrected chi connectivity index (χ4v) is 11.7. The quantitative estimate of drug-likeness (QED) is 0.173. The van der Waals surface area contributed by atoms with Gasteiger partial charge in [-0.1, -0.05) is 132 Å². The molecule has 8 amide bonds. The molecule has 0 spiro atoms. The SMILES string of the molecule is CCC(C)[C@@H]1NC(=O)[C@@H]2CCCN2C(=O)[C@H](Cc2cccc(Br)c2)N(C)C(=O)[C@H](Cc2ccc(Br)cc2)NC(=O)[C@H](C(C)C)N(C)C(=O)[C@@H](C(C)CC)OC(=O)[C@H](C(C)(C)O)N(C)C(=O)[C@H](CC(C)C)NC(=O)[C@H](C(C)C)N(C)C1=O. The van der Waals surface area contributed by atoms with Crippen LogP contribution >= 0.6 is 31.9 Å². The number of benzene rings is 2. The van der Waals surface area contributed by atoms with Crippen molar-refractivity contribution in [2.24, 2.45) is 29.6 Å². The molecule has 2 saturated heterocycles. The van der Waals surface area contributed by atoms with Crippen molar-refractivity contribution in [3.8, 4) is 0 Å². The zero-order valence-corrected chi connectivity index (χ0v) is 53.6. The van der Waals surface area contributed by atoms with Crippen molar-refractivity contribution in [1.82, 2.24) is 40.4 Å². The molecule has 2 aromatic rings. The molecule has 2 heterocycles. The second kappa shape index (κ2) is 29.7.